The van der Waals surface area contributed by atoms with Gasteiger partial charge >= 0.3 is 0 Å². The highest BCUT2D eigenvalue weighted by molar-refractivity contribution is 5.74. The fourth-order valence-corrected chi connectivity index (χ4v) is 1.84. The second kappa shape index (κ2) is 9.36. The molecule has 0 aromatic heterocycles. The molecule has 0 unspecified atom stereocenters. The average Bonchev–Trinajstić information content (AvgIpc) is 2.60. The van der Waals surface area contributed by atoms with E-state index in [0.717, 1.165) is 0 Å². The van der Waals surface area contributed by atoms with Gasteiger partial charge in [0.25, 0.3) is 21.7 Å². The fourth-order valence-electron chi connectivity index (χ4n) is 1.84. The molecule has 0 aliphatic carbocycles. The normalized spacial score (nSPS) is 9.30. The van der Waals surface area contributed by atoms with Crippen LogP contribution >= 0.6 is 0 Å². The van der Waals surface area contributed by atoms with E-state index in [0.29, 0.717) is 29.3 Å². The quantitative estimate of drug-likeness (QED) is 0.424. The molecule has 9 nitrogen and oxygen atoms in total. The van der Waals surface area contributed by atoms with Gasteiger partial charge in [0.2, 0.25) is 0 Å². The highest BCUT2D eigenvalue weighted by Gasteiger charge is 2.18. The molecule has 0 aliphatic rings. The van der Waals surface area contributed by atoms with Gasteiger partial charge < -0.3 is 27.0 Å². The molecule has 0 saturated heterocycles. The third-order valence-corrected chi connectivity index (χ3v) is 2.92. The van der Waals surface area contributed by atoms with Crippen molar-refractivity contribution in [2.24, 2.45) is 5.73 Å². The molecule has 0 heterocycles. The molecule has 2 aromatic rings. The highest BCUT2D eigenvalue weighted by atomic mass is 16.2. The molecule has 23 heavy (non-hydrogen) atoms. The molecule has 0 saturated carbocycles. The van der Waals surface area contributed by atoms with Crippen molar-refractivity contribution >= 4 is 22.7 Å². The molecule has 0 bridgehead atoms. The summed E-state index contributed by atoms with van der Waals surface area (Å²) < 4.78 is 0. The van der Waals surface area contributed by atoms with Crippen molar-refractivity contribution in [1.29, 1.82) is 0 Å². The van der Waals surface area contributed by atoms with Gasteiger partial charge in [-0.2, -0.15) is 0 Å². The van der Waals surface area contributed by atoms with E-state index in [1.54, 1.807) is 21.1 Å². The average molecular weight is 325 g/mol. The first-order valence-electron chi connectivity index (χ1n) is 6.95. The Balaban J connectivity index is 0.000000381. The van der Waals surface area contributed by atoms with Crippen LogP contribution in [0, 0.1) is 0 Å². The SMILES string of the molecule is CCNc1c(NC)c(=O)c1=O.CN.CNc1c(NC)c(=O)c1=O. The summed E-state index contributed by atoms with van der Waals surface area (Å²) >= 11 is 0. The maximum Gasteiger partial charge on any atom is 0.253 e. The molecule has 0 atom stereocenters. The summed E-state index contributed by atoms with van der Waals surface area (Å²) in [7, 11) is 6.34. The standard InChI is InChI=1S/C7H10N2O2.C6H8N2O2.CH5N/c1-3-9-5-4(8-2)6(10)7(5)11;1-7-3-4(8-2)6(10)5(3)9;1-2/h8-9H,3H2,1-2H3;7-8H,1-2H3;2H2,1H3. The number of hydrogen-bond donors (Lipinski definition) is 5. The van der Waals surface area contributed by atoms with E-state index < -0.39 is 21.7 Å². The zero-order valence-electron chi connectivity index (χ0n) is 13.9. The van der Waals surface area contributed by atoms with E-state index in [4.69, 9.17) is 0 Å². The van der Waals surface area contributed by atoms with E-state index in [9.17, 15) is 19.2 Å². The topological polar surface area (TPSA) is 142 Å². The smallest absolute Gasteiger partial charge is 0.253 e. The van der Waals surface area contributed by atoms with Crippen molar-refractivity contribution in [1.82, 2.24) is 0 Å². The first-order valence-corrected chi connectivity index (χ1v) is 6.95. The minimum Gasteiger partial charge on any atom is -0.383 e. The van der Waals surface area contributed by atoms with Crippen molar-refractivity contribution in [2.75, 3.05) is 56.0 Å². The molecule has 0 amide bonds. The van der Waals surface area contributed by atoms with Gasteiger partial charge in [-0.3, -0.25) is 19.2 Å². The van der Waals surface area contributed by atoms with Gasteiger partial charge in [-0.25, -0.2) is 0 Å². The Morgan fingerprint density at radius 1 is 0.652 bits per heavy atom. The molecule has 0 fully saturated rings. The summed E-state index contributed by atoms with van der Waals surface area (Å²) in [6.07, 6.45) is 0. The summed E-state index contributed by atoms with van der Waals surface area (Å²) in [5, 5.41) is 10.7. The minimum atomic E-state index is -0.438. The molecular weight excluding hydrogens is 302 g/mol. The summed E-state index contributed by atoms with van der Waals surface area (Å²) in [6, 6.07) is 0. The molecule has 9 heteroatoms. The van der Waals surface area contributed by atoms with Crippen molar-refractivity contribution in [3.8, 4) is 0 Å². The number of hydrogen-bond acceptors (Lipinski definition) is 9. The van der Waals surface area contributed by atoms with Crippen molar-refractivity contribution in [3.05, 3.63) is 40.9 Å². The zero-order chi connectivity index (χ0) is 18.2. The van der Waals surface area contributed by atoms with Gasteiger partial charge in [0, 0.05) is 27.7 Å². The van der Waals surface area contributed by atoms with Crippen LogP contribution in [0.2, 0.25) is 0 Å². The number of nitrogens with one attached hydrogen (secondary N) is 4. The van der Waals surface area contributed by atoms with Gasteiger partial charge in [-0.05, 0) is 14.0 Å². The third-order valence-electron chi connectivity index (χ3n) is 2.92. The Bertz CT molecular complexity index is 735. The predicted octanol–water partition coefficient (Wildman–Crippen LogP) is -1.30. The van der Waals surface area contributed by atoms with Crippen LogP contribution in [0.3, 0.4) is 0 Å². The lowest BCUT2D eigenvalue weighted by atomic mass is 10.2. The second-order valence-corrected chi connectivity index (χ2v) is 4.10. The molecule has 0 radical (unpaired) electrons. The lowest BCUT2D eigenvalue weighted by molar-refractivity contribution is 1.18. The van der Waals surface area contributed by atoms with E-state index in [1.165, 1.54) is 7.05 Å². The largest absolute Gasteiger partial charge is 0.383 e. The van der Waals surface area contributed by atoms with Crippen molar-refractivity contribution < 1.29 is 0 Å². The van der Waals surface area contributed by atoms with E-state index in [1.807, 2.05) is 6.92 Å². The maximum absolute atomic E-state index is 10.8. The van der Waals surface area contributed by atoms with E-state index >= 15 is 0 Å². The Morgan fingerprint density at radius 3 is 1.17 bits per heavy atom. The molecule has 0 aliphatic heterocycles. The Kier molecular flexibility index (Phi) is 8.27. The van der Waals surface area contributed by atoms with Crippen LogP contribution < -0.4 is 48.7 Å². The summed E-state index contributed by atoms with van der Waals surface area (Å²) in [6.45, 7) is 2.52. The van der Waals surface area contributed by atoms with Gasteiger partial charge in [0.05, 0.1) is 0 Å². The lowest BCUT2D eigenvalue weighted by Crippen LogP contribution is -2.36. The van der Waals surface area contributed by atoms with E-state index in [-0.39, 0.29) is 0 Å². The Hall–Kier alpha value is -2.68. The molecule has 128 valence electrons. The first-order chi connectivity index (χ1) is 10.9. The van der Waals surface area contributed by atoms with Crippen LogP contribution in [0.15, 0.2) is 19.2 Å². The van der Waals surface area contributed by atoms with Crippen LogP contribution in [0.1, 0.15) is 6.92 Å². The molecular formula is C14H23N5O4. The predicted molar refractivity (Wildman–Crippen MR) is 95.6 cm³/mol. The molecule has 2 aromatic carbocycles. The first kappa shape index (κ1) is 20.3. The van der Waals surface area contributed by atoms with Crippen LogP contribution in [-0.2, 0) is 0 Å². The summed E-state index contributed by atoms with van der Waals surface area (Å²) in [4.78, 5) is 42.9. The zero-order valence-corrected chi connectivity index (χ0v) is 13.9. The van der Waals surface area contributed by atoms with Crippen LogP contribution in [0.25, 0.3) is 0 Å². The van der Waals surface area contributed by atoms with Gasteiger partial charge in [-0.15, -0.1) is 0 Å². The molecule has 0 spiro atoms. The summed E-state index contributed by atoms with van der Waals surface area (Å²) in [5.41, 5.74) is 4.36. The van der Waals surface area contributed by atoms with Gasteiger partial charge in [0.1, 0.15) is 22.7 Å². The number of rotatable bonds is 5. The summed E-state index contributed by atoms with van der Waals surface area (Å²) in [5.74, 6) is 0. The van der Waals surface area contributed by atoms with Crippen LogP contribution in [0.4, 0.5) is 22.7 Å². The second-order valence-electron chi connectivity index (χ2n) is 4.10. The maximum atomic E-state index is 10.8. The third kappa shape index (κ3) is 3.95. The number of nitrogens with two attached hydrogens (primary N) is 1. The van der Waals surface area contributed by atoms with Crippen LogP contribution in [-0.4, -0.2) is 34.7 Å². The minimum absolute atomic E-state index is 0.382. The molecule has 2 rings (SSSR count). The van der Waals surface area contributed by atoms with Gasteiger partial charge in [-0.1, -0.05) is 0 Å². The fraction of sp³-hybridized carbons (Fsp3) is 0.429. The van der Waals surface area contributed by atoms with Crippen LogP contribution in [0.5, 0.6) is 0 Å². The number of anilines is 4. The Morgan fingerprint density at radius 2 is 0.913 bits per heavy atom. The van der Waals surface area contributed by atoms with Crippen molar-refractivity contribution in [3.63, 3.8) is 0 Å². The van der Waals surface area contributed by atoms with Crippen molar-refractivity contribution in [2.45, 2.75) is 6.92 Å². The van der Waals surface area contributed by atoms with Gasteiger partial charge in [0.15, 0.2) is 0 Å². The molecule has 6 N–H and O–H groups in total. The highest BCUT2D eigenvalue weighted by Crippen LogP contribution is 2.12. The lowest BCUT2D eigenvalue weighted by Gasteiger charge is -2.09. The van der Waals surface area contributed by atoms with E-state index in [2.05, 4.69) is 27.0 Å². The Labute approximate surface area is 133 Å². The monoisotopic (exact) mass is 325 g/mol.